The van der Waals surface area contributed by atoms with Gasteiger partial charge in [0.05, 0.1) is 8.95 Å². The lowest BCUT2D eigenvalue weighted by atomic mass is 10.2. The number of nitrogens with zero attached hydrogens (tertiary/aromatic N) is 1. The van der Waals surface area contributed by atoms with Crippen LogP contribution in [-0.4, -0.2) is 11.9 Å². The third kappa shape index (κ3) is 5.64. The minimum Gasteiger partial charge on any atom is -0.487 e. The zero-order valence-electron chi connectivity index (χ0n) is 16.0. The van der Waals surface area contributed by atoms with Gasteiger partial charge in [-0.15, -0.1) is 0 Å². The van der Waals surface area contributed by atoms with E-state index in [1.807, 2.05) is 54.6 Å². The zero-order valence-corrected chi connectivity index (χ0v) is 23.7. The van der Waals surface area contributed by atoms with Crippen LogP contribution in [0.25, 0.3) is 6.08 Å². The maximum atomic E-state index is 12.4. The van der Waals surface area contributed by atoms with Gasteiger partial charge in [0.1, 0.15) is 12.4 Å². The van der Waals surface area contributed by atoms with E-state index in [4.69, 9.17) is 21.1 Å². The third-order valence-electron chi connectivity index (χ3n) is 4.41. The molecule has 0 saturated carbocycles. The highest BCUT2D eigenvalue weighted by atomic mass is 127. The first-order valence-electron chi connectivity index (χ1n) is 9.14. The summed E-state index contributed by atoms with van der Waals surface area (Å²) in [7, 11) is 0. The molecule has 0 spiro atoms. The van der Waals surface area contributed by atoms with Crippen LogP contribution in [0.5, 0.6) is 5.75 Å². The molecule has 1 aliphatic rings. The van der Waals surface area contributed by atoms with Gasteiger partial charge < -0.3 is 9.47 Å². The standard InChI is InChI=1S/C23H12Br3ClINO3/c24-16-10-14(3-6-19(16)28)22-29-20(23(30)32-22)9-13-7-17(25)21(18(26)8-13)31-11-12-1-4-15(27)5-2-12/h1-10H,11H2/b20-9-. The molecule has 0 N–H and O–H groups in total. The SMILES string of the molecule is O=C1OC(c2ccc(I)c(Br)c2)=N/C1=C\c1cc(Br)c(OCc2ccc(Cl)cc2)c(Br)c1. The molecule has 0 saturated heterocycles. The summed E-state index contributed by atoms with van der Waals surface area (Å²) < 4.78 is 14.8. The first-order valence-corrected chi connectivity index (χ1v) is 13.0. The Morgan fingerprint density at radius 2 is 1.69 bits per heavy atom. The molecule has 0 atom stereocenters. The van der Waals surface area contributed by atoms with Crippen molar-refractivity contribution >= 4 is 99.9 Å². The third-order valence-corrected chi connectivity index (χ3v) is 8.18. The number of halogens is 5. The summed E-state index contributed by atoms with van der Waals surface area (Å²) in [6, 6.07) is 16.8. The van der Waals surface area contributed by atoms with Crippen LogP contribution in [0.15, 0.2) is 78.7 Å². The van der Waals surface area contributed by atoms with E-state index in [9.17, 15) is 4.79 Å². The first kappa shape index (κ1) is 23.9. The van der Waals surface area contributed by atoms with Gasteiger partial charge in [0.2, 0.25) is 5.90 Å². The lowest BCUT2D eigenvalue weighted by Gasteiger charge is -2.11. The number of cyclic esters (lactones) is 1. The highest BCUT2D eigenvalue weighted by molar-refractivity contribution is 14.1. The van der Waals surface area contributed by atoms with Crippen molar-refractivity contribution in [3.63, 3.8) is 0 Å². The Balaban J connectivity index is 1.55. The van der Waals surface area contributed by atoms with E-state index in [0.29, 0.717) is 17.4 Å². The van der Waals surface area contributed by atoms with Crippen LogP contribution in [0.4, 0.5) is 0 Å². The van der Waals surface area contributed by atoms with Gasteiger partial charge in [-0.05, 0) is 130 Å². The van der Waals surface area contributed by atoms with E-state index in [0.717, 1.165) is 33.7 Å². The van der Waals surface area contributed by atoms with Crippen molar-refractivity contribution in [2.24, 2.45) is 4.99 Å². The Hall–Kier alpha value is -1.20. The second kappa shape index (κ2) is 10.4. The van der Waals surface area contributed by atoms with Crippen molar-refractivity contribution in [1.82, 2.24) is 0 Å². The van der Waals surface area contributed by atoms with Gasteiger partial charge in [-0.2, -0.15) is 0 Å². The molecule has 4 nitrogen and oxygen atoms in total. The van der Waals surface area contributed by atoms with Crippen LogP contribution >= 0.6 is 82.0 Å². The number of esters is 1. The van der Waals surface area contributed by atoms with E-state index in [2.05, 4.69) is 75.4 Å². The van der Waals surface area contributed by atoms with Crippen LogP contribution in [0.2, 0.25) is 5.02 Å². The molecule has 32 heavy (non-hydrogen) atoms. The summed E-state index contributed by atoms with van der Waals surface area (Å²) in [6.45, 7) is 0.389. The van der Waals surface area contributed by atoms with Gasteiger partial charge in [0.25, 0.3) is 0 Å². The summed E-state index contributed by atoms with van der Waals surface area (Å²) >= 11 is 18.7. The highest BCUT2D eigenvalue weighted by Crippen LogP contribution is 2.36. The maximum Gasteiger partial charge on any atom is 0.363 e. The first-order chi connectivity index (χ1) is 15.3. The monoisotopic (exact) mass is 749 g/mol. The average Bonchev–Trinajstić information content (AvgIpc) is 3.11. The average molecular weight is 752 g/mol. The molecule has 9 heteroatoms. The Labute approximate surface area is 228 Å². The minimum atomic E-state index is -0.495. The minimum absolute atomic E-state index is 0.225. The molecule has 0 aromatic heterocycles. The van der Waals surface area contributed by atoms with Crippen molar-refractivity contribution in [2.45, 2.75) is 6.61 Å². The Kier molecular flexibility index (Phi) is 7.77. The Morgan fingerprint density at radius 1 is 1.00 bits per heavy atom. The smallest absolute Gasteiger partial charge is 0.363 e. The summed E-state index contributed by atoms with van der Waals surface area (Å²) in [5.41, 5.74) is 2.71. The molecule has 1 heterocycles. The molecular weight excluding hydrogens is 740 g/mol. The van der Waals surface area contributed by atoms with Crippen LogP contribution < -0.4 is 4.74 Å². The maximum absolute atomic E-state index is 12.4. The predicted octanol–water partition coefficient (Wildman–Crippen LogP) is 8.16. The largest absolute Gasteiger partial charge is 0.487 e. The molecule has 4 rings (SSSR count). The summed E-state index contributed by atoms with van der Waals surface area (Å²) in [5, 5.41) is 0.680. The zero-order chi connectivity index (χ0) is 22.8. The number of rotatable bonds is 5. The number of hydrogen-bond acceptors (Lipinski definition) is 4. The van der Waals surface area contributed by atoms with Crippen LogP contribution in [-0.2, 0) is 16.1 Å². The molecule has 162 valence electrons. The second-order valence-electron chi connectivity index (χ2n) is 6.69. The summed E-state index contributed by atoms with van der Waals surface area (Å²) in [5.74, 6) is 0.438. The van der Waals surface area contributed by atoms with Gasteiger partial charge in [0.15, 0.2) is 5.70 Å². The molecule has 3 aromatic rings. The van der Waals surface area contributed by atoms with Crippen LogP contribution in [0.3, 0.4) is 0 Å². The van der Waals surface area contributed by atoms with E-state index in [1.54, 1.807) is 6.08 Å². The quantitative estimate of drug-likeness (QED) is 0.150. The molecule has 0 fully saturated rings. The van der Waals surface area contributed by atoms with Crippen molar-refractivity contribution < 1.29 is 14.3 Å². The molecule has 0 bridgehead atoms. The topological polar surface area (TPSA) is 47.9 Å². The summed E-state index contributed by atoms with van der Waals surface area (Å²) in [6.07, 6.45) is 1.68. The Bertz CT molecular complexity index is 1250. The number of hydrogen-bond donors (Lipinski definition) is 0. The van der Waals surface area contributed by atoms with E-state index in [1.165, 1.54) is 0 Å². The molecule has 0 unspecified atom stereocenters. The van der Waals surface area contributed by atoms with Gasteiger partial charge in [-0.3, -0.25) is 0 Å². The fraction of sp³-hybridized carbons (Fsp3) is 0.0435. The predicted molar refractivity (Wildman–Crippen MR) is 145 cm³/mol. The molecule has 0 amide bonds. The van der Waals surface area contributed by atoms with Crippen LogP contribution in [0, 0.1) is 3.57 Å². The van der Waals surface area contributed by atoms with Gasteiger partial charge in [-0.25, -0.2) is 9.79 Å². The lowest BCUT2D eigenvalue weighted by molar-refractivity contribution is -0.129. The number of ether oxygens (including phenoxy) is 2. The van der Waals surface area contributed by atoms with Crippen molar-refractivity contribution in [3.05, 3.63) is 99.0 Å². The summed E-state index contributed by atoms with van der Waals surface area (Å²) in [4.78, 5) is 16.7. The van der Waals surface area contributed by atoms with Crippen molar-refractivity contribution in [3.8, 4) is 5.75 Å². The van der Waals surface area contributed by atoms with E-state index >= 15 is 0 Å². The van der Waals surface area contributed by atoms with Gasteiger partial charge in [0, 0.05) is 18.6 Å². The molecule has 0 radical (unpaired) electrons. The Morgan fingerprint density at radius 3 is 2.34 bits per heavy atom. The molecule has 0 aliphatic carbocycles. The number of benzene rings is 3. The van der Waals surface area contributed by atoms with E-state index < -0.39 is 5.97 Å². The lowest BCUT2D eigenvalue weighted by Crippen LogP contribution is -2.05. The normalized spacial score (nSPS) is 14.5. The number of carbonyl (C=O) groups excluding carboxylic acids is 1. The van der Waals surface area contributed by atoms with E-state index in [-0.39, 0.29) is 11.6 Å². The second-order valence-corrected chi connectivity index (χ2v) is 10.9. The van der Waals surface area contributed by atoms with Crippen molar-refractivity contribution in [1.29, 1.82) is 0 Å². The molecule has 1 aliphatic heterocycles. The number of carbonyl (C=O) groups is 1. The molecule has 3 aromatic carbocycles. The highest BCUT2D eigenvalue weighted by Gasteiger charge is 2.24. The fourth-order valence-electron chi connectivity index (χ4n) is 2.86. The van der Waals surface area contributed by atoms with Gasteiger partial charge >= 0.3 is 5.97 Å². The van der Waals surface area contributed by atoms with Crippen LogP contribution in [0.1, 0.15) is 16.7 Å². The van der Waals surface area contributed by atoms with Crippen molar-refractivity contribution in [2.75, 3.05) is 0 Å². The van der Waals surface area contributed by atoms with Gasteiger partial charge in [-0.1, -0.05) is 23.7 Å². The molecular formula is C23H12Br3ClINO3. The number of aliphatic imine (C=N–C) groups is 1. The fourth-order valence-corrected chi connectivity index (χ4v) is 5.15.